The molecule has 0 aliphatic carbocycles. The Morgan fingerprint density at radius 2 is 1.88 bits per heavy atom. The molecule has 5 heteroatoms. The molecule has 0 bridgehead atoms. The molecule has 2 aromatic rings. The van der Waals surface area contributed by atoms with Gasteiger partial charge in [0.2, 0.25) is 0 Å². The standard InChI is InChI=1S/C20H28N4O/c1-20(2,3)19-21-17-10-11-24(13-16(17)18(25)22-19)12-14-6-8-15(9-7-14)23(4)5/h6-9H,10-13H2,1-5H3,(H,21,22,25). The Morgan fingerprint density at radius 3 is 2.48 bits per heavy atom. The Morgan fingerprint density at radius 1 is 1.20 bits per heavy atom. The van der Waals surface area contributed by atoms with E-state index in [1.165, 1.54) is 11.3 Å². The van der Waals surface area contributed by atoms with Crippen LogP contribution in [0, 0.1) is 0 Å². The summed E-state index contributed by atoms with van der Waals surface area (Å²) in [5.41, 5.74) is 4.13. The first-order chi connectivity index (χ1) is 11.7. The smallest absolute Gasteiger partial charge is 0.255 e. The van der Waals surface area contributed by atoms with Crippen molar-refractivity contribution in [2.75, 3.05) is 25.5 Å². The summed E-state index contributed by atoms with van der Waals surface area (Å²) in [6, 6.07) is 8.60. The van der Waals surface area contributed by atoms with E-state index in [9.17, 15) is 4.79 Å². The molecule has 1 aliphatic rings. The molecule has 0 fully saturated rings. The Hall–Kier alpha value is -2.14. The summed E-state index contributed by atoms with van der Waals surface area (Å²) in [6.45, 7) is 8.67. The first kappa shape index (κ1) is 17.7. The molecule has 1 aliphatic heterocycles. The molecule has 3 rings (SSSR count). The molecule has 0 saturated heterocycles. The number of rotatable bonds is 3. The maximum absolute atomic E-state index is 12.5. The lowest BCUT2D eigenvalue weighted by molar-refractivity contribution is 0.241. The quantitative estimate of drug-likeness (QED) is 0.933. The summed E-state index contributed by atoms with van der Waals surface area (Å²) < 4.78 is 0. The third-order valence-corrected chi connectivity index (χ3v) is 4.72. The van der Waals surface area contributed by atoms with Crippen LogP contribution in [-0.4, -0.2) is 35.5 Å². The van der Waals surface area contributed by atoms with E-state index in [2.05, 4.69) is 59.8 Å². The van der Waals surface area contributed by atoms with Crippen LogP contribution in [0.4, 0.5) is 5.69 Å². The van der Waals surface area contributed by atoms with Gasteiger partial charge in [-0.15, -0.1) is 0 Å². The minimum absolute atomic E-state index is 0.0163. The highest BCUT2D eigenvalue weighted by Gasteiger charge is 2.24. The van der Waals surface area contributed by atoms with Gasteiger partial charge >= 0.3 is 0 Å². The number of H-pyrrole nitrogens is 1. The van der Waals surface area contributed by atoms with Crippen molar-refractivity contribution in [1.29, 1.82) is 0 Å². The zero-order valence-corrected chi connectivity index (χ0v) is 15.9. The fourth-order valence-electron chi connectivity index (χ4n) is 3.13. The third kappa shape index (κ3) is 3.93. The molecule has 25 heavy (non-hydrogen) atoms. The minimum atomic E-state index is -0.139. The number of hydrogen-bond donors (Lipinski definition) is 1. The Kier molecular flexibility index (Phi) is 4.69. The summed E-state index contributed by atoms with van der Waals surface area (Å²) >= 11 is 0. The number of anilines is 1. The summed E-state index contributed by atoms with van der Waals surface area (Å²) in [7, 11) is 4.09. The number of fused-ring (bicyclic) bond motifs is 1. The van der Waals surface area contributed by atoms with Crippen LogP contribution >= 0.6 is 0 Å². The molecule has 2 heterocycles. The molecule has 0 amide bonds. The minimum Gasteiger partial charge on any atom is -0.378 e. The number of aromatic amines is 1. The molecule has 0 unspecified atom stereocenters. The summed E-state index contributed by atoms with van der Waals surface area (Å²) in [5, 5.41) is 0. The molecule has 0 radical (unpaired) electrons. The Labute approximate surface area is 149 Å². The van der Waals surface area contributed by atoms with Crippen LogP contribution in [0.5, 0.6) is 0 Å². The molecule has 0 saturated carbocycles. The Bertz CT molecular complexity index is 800. The lowest BCUT2D eigenvalue weighted by Crippen LogP contribution is -2.37. The summed E-state index contributed by atoms with van der Waals surface area (Å²) in [5.74, 6) is 0.781. The van der Waals surface area contributed by atoms with Crippen molar-refractivity contribution in [1.82, 2.24) is 14.9 Å². The van der Waals surface area contributed by atoms with Gasteiger partial charge in [-0.3, -0.25) is 9.69 Å². The van der Waals surface area contributed by atoms with Gasteiger partial charge in [0.1, 0.15) is 5.82 Å². The highest BCUT2D eigenvalue weighted by molar-refractivity contribution is 5.46. The molecule has 5 nitrogen and oxygen atoms in total. The van der Waals surface area contributed by atoms with Crippen LogP contribution in [0.2, 0.25) is 0 Å². The van der Waals surface area contributed by atoms with Crippen LogP contribution in [0.15, 0.2) is 29.1 Å². The van der Waals surface area contributed by atoms with E-state index in [0.29, 0.717) is 6.54 Å². The molecule has 1 aromatic carbocycles. The van der Waals surface area contributed by atoms with E-state index in [1.807, 2.05) is 14.1 Å². The monoisotopic (exact) mass is 340 g/mol. The molecule has 0 atom stereocenters. The van der Waals surface area contributed by atoms with E-state index in [4.69, 9.17) is 4.98 Å². The summed E-state index contributed by atoms with van der Waals surface area (Å²) in [6.07, 6.45) is 0.831. The average Bonchev–Trinajstić information content (AvgIpc) is 2.55. The number of hydrogen-bond acceptors (Lipinski definition) is 4. The number of nitrogens with one attached hydrogen (secondary N) is 1. The van der Waals surface area contributed by atoms with E-state index < -0.39 is 0 Å². The van der Waals surface area contributed by atoms with Gasteiger partial charge in [-0.25, -0.2) is 4.98 Å². The first-order valence-corrected chi connectivity index (χ1v) is 8.85. The lowest BCUT2D eigenvalue weighted by Gasteiger charge is -2.29. The van der Waals surface area contributed by atoms with Crippen molar-refractivity contribution in [3.63, 3.8) is 0 Å². The van der Waals surface area contributed by atoms with Gasteiger partial charge in [0.05, 0.1) is 11.3 Å². The van der Waals surface area contributed by atoms with E-state index in [1.54, 1.807) is 0 Å². The zero-order valence-electron chi connectivity index (χ0n) is 15.9. The van der Waals surface area contributed by atoms with Crippen LogP contribution in [0.25, 0.3) is 0 Å². The predicted octanol–water partition coefficient (Wildman–Crippen LogP) is 2.69. The third-order valence-electron chi connectivity index (χ3n) is 4.72. The maximum atomic E-state index is 12.5. The molecule has 0 spiro atoms. The first-order valence-electron chi connectivity index (χ1n) is 8.85. The van der Waals surface area contributed by atoms with Crippen LogP contribution < -0.4 is 10.5 Å². The number of benzene rings is 1. The van der Waals surface area contributed by atoms with Crippen molar-refractivity contribution >= 4 is 5.69 Å². The van der Waals surface area contributed by atoms with Crippen LogP contribution in [0.1, 0.15) is 43.4 Å². The normalized spacial score (nSPS) is 15.1. The lowest BCUT2D eigenvalue weighted by atomic mass is 9.95. The van der Waals surface area contributed by atoms with Crippen molar-refractivity contribution in [3.8, 4) is 0 Å². The van der Waals surface area contributed by atoms with Crippen molar-refractivity contribution in [3.05, 3.63) is 57.3 Å². The molecular formula is C20H28N4O. The van der Waals surface area contributed by atoms with Gasteiger partial charge in [0.15, 0.2) is 0 Å². The second-order valence-corrected chi connectivity index (χ2v) is 8.11. The van der Waals surface area contributed by atoms with E-state index in [0.717, 1.165) is 36.6 Å². The van der Waals surface area contributed by atoms with Gasteiger partial charge in [-0.1, -0.05) is 32.9 Å². The van der Waals surface area contributed by atoms with Crippen molar-refractivity contribution in [2.45, 2.75) is 45.7 Å². The number of nitrogens with zero attached hydrogens (tertiary/aromatic N) is 3. The Balaban J connectivity index is 1.76. The van der Waals surface area contributed by atoms with Gasteiger partial charge in [-0.2, -0.15) is 0 Å². The fourth-order valence-corrected chi connectivity index (χ4v) is 3.13. The topological polar surface area (TPSA) is 52.2 Å². The second-order valence-electron chi connectivity index (χ2n) is 8.11. The number of aromatic nitrogens is 2. The highest BCUT2D eigenvalue weighted by atomic mass is 16.1. The van der Waals surface area contributed by atoms with E-state index >= 15 is 0 Å². The second kappa shape index (κ2) is 6.64. The average molecular weight is 340 g/mol. The maximum Gasteiger partial charge on any atom is 0.255 e. The largest absolute Gasteiger partial charge is 0.378 e. The van der Waals surface area contributed by atoms with Crippen molar-refractivity contribution in [2.24, 2.45) is 0 Å². The van der Waals surface area contributed by atoms with Gasteiger partial charge in [0.25, 0.3) is 5.56 Å². The summed E-state index contributed by atoms with van der Waals surface area (Å²) in [4.78, 5) is 24.6. The van der Waals surface area contributed by atoms with Gasteiger partial charge in [0, 0.05) is 51.3 Å². The van der Waals surface area contributed by atoms with Gasteiger partial charge < -0.3 is 9.88 Å². The molecule has 134 valence electrons. The fraction of sp³-hybridized carbons (Fsp3) is 0.500. The van der Waals surface area contributed by atoms with Crippen molar-refractivity contribution < 1.29 is 0 Å². The SMILES string of the molecule is CN(C)c1ccc(CN2CCc3nc(C(C)(C)C)[nH]c(=O)c3C2)cc1. The van der Waals surface area contributed by atoms with Crippen LogP contribution in [-0.2, 0) is 24.9 Å². The van der Waals surface area contributed by atoms with Crippen LogP contribution in [0.3, 0.4) is 0 Å². The highest BCUT2D eigenvalue weighted by Crippen LogP contribution is 2.22. The zero-order chi connectivity index (χ0) is 18.2. The molecular weight excluding hydrogens is 312 g/mol. The predicted molar refractivity (Wildman–Crippen MR) is 102 cm³/mol. The molecule has 1 aromatic heterocycles. The van der Waals surface area contributed by atoms with E-state index in [-0.39, 0.29) is 11.0 Å². The van der Waals surface area contributed by atoms with Gasteiger partial charge in [-0.05, 0) is 17.7 Å². The molecule has 1 N–H and O–H groups in total.